The lowest BCUT2D eigenvalue weighted by Crippen LogP contribution is -2.50. The van der Waals surface area contributed by atoms with Crippen LogP contribution in [-0.2, 0) is 9.53 Å². The van der Waals surface area contributed by atoms with Crippen molar-refractivity contribution in [1.82, 2.24) is 35.1 Å². The van der Waals surface area contributed by atoms with Gasteiger partial charge in [-0.1, -0.05) is 0 Å². The van der Waals surface area contributed by atoms with Gasteiger partial charge in [0.15, 0.2) is 5.65 Å². The Hall–Kier alpha value is -3.93. The van der Waals surface area contributed by atoms with E-state index >= 15 is 0 Å². The van der Waals surface area contributed by atoms with E-state index in [2.05, 4.69) is 25.6 Å². The first-order valence-electron chi connectivity index (χ1n) is 11.8. The number of amides is 2. The summed E-state index contributed by atoms with van der Waals surface area (Å²) < 4.78 is 13.3. The molecule has 6 rings (SSSR count). The van der Waals surface area contributed by atoms with E-state index in [1.165, 1.54) is 0 Å². The smallest absolute Gasteiger partial charge is 0.410 e. The number of piperazine rings is 1. The highest BCUT2D eigenvalue weighted by Gasteiger charge is 2.29. The molecule has 0 unspecified atom stereocenters. The van der Waals surface area contributed by atoms with Crippen LogP contribution in [-0.4, -0.2) is 94.5 Å². The quantitative estimate of drug-likeness (QED) is 0.532. The zero-order valence-electron chi connectivity index (χ0n) is 19.1. The minimum Gasteiger partial charge on any atom is -0.471 e. The molecule has 0 spiro atoms. The summed E-state index contributed by atoms with van der Waals surface area (Å²) >= 11 is 0. The van der Waals surface area contributed by atoms with Crippen LogP contribution in [0.25, 0.3) is 16.8 Å². The number of hydrogen-bond acceptors (Lipinski definition) is 9. The summed E-state index contributed by atoms with van der Waals surface area (Å²) in [6, 6.07) is 5.77. The van der Waals surface area contributed by atoms with Gasteiger partial charge >= 0.3 is 6.09 Å². The van der Waals surface area contributed by atoms with Gasteiger partial charge in [0, 0.05) is 57.2 Å². The minimum absolute atomic E-state index is 0.0849. The fraction of sp³-hybridized carbons (Fsp3) is 0.435. The number of rotatable bonds is 5. The predicted molar refractivity (Wildman–Crippen MR) is 125 cm³/mol. The number of nitrogens with one attached hydrogen (secondary N) is 2. The maximum Gasteiger partial charge on any atom is 0.410 e. The van der Waals surface area contributed by atoms with Crippen LogP contribution in [0, 0.1) is 0 Å². The minimum atomic E-state index is -0.390. The third-order valence-electron chi connectivity index (χ3n) is 6.51. The van der Waals surface area contributed by atoms with Crippen molar-refractivity contribution >= 4 is 23.5 Å². The lowest BCUT2D eigenvalue weighted by atomic mass is 10.1. The molecular formula is C23H26N8O4. The van der Waals surface area contributed by atoms with Crippen molar-refractivity contribution in [3.8, 4) is 17.0 Å². The Kier molecular flexibility index (Phi) is 5.57. The molecule has 0 aromatic carbocycles. The first kappa shape index (κ1) is 21.6. The molecule has 182 valence electrons. The standard InChI is InChI=1S/C23H26N8O4/c32-20-10-15(13-26-20)35-23(33)30-8-6-29(7-9-30)19-3-5-31-21(28-19)18(14-27-31)17-2-1-4-25-22(17)34-16-11-24-12-16/h1-5,14-16,24H,6-13H2,(H,26,32)/t15-/m0/s1. The number of carbonyl (C=O) groups is 2. The monoisotopic (exact) mass is 478 g/mol. The van der Waals surface area contributed by atoms with Gasteiger partial charge in [-0.2, -0.15) is 5.10 Å². The summed E-state index contributed by atoms with van der Waals surface area (Å²) in [4.78, 5) is 37.0. The Morgan fingerprint density at radius 3 is 2.66 bits per heavy atom. The lowest BCUT2D eigenvalue weighted by molar-refractivity contribution is -0.119. The largest absolute Gasteiger partial charge is 0.471 e. The van der Waals surface area contributed by atoms with Crippen LogP contribution in [0.15, 0.2) is 36.8 Å². The van der Waals surface area contributed by atoms with E-state index in [0.29, 0.717) is 44.3 Å². The van der Waals surface area contributed by atoms with Gasteiger partial charge in [0.2, 0.25) is 11.8 Å². The van der Waals surface area contributed by atoms with Crippen LogP contribution in [0.1, 0.15) is 6.42 Å². The van der Waals surface area contributed by atoms with Gasteiger partial charge in [-0.05, 0) is 18.2 Å². The maximum atomic E-state index is 12.5. The Morgan fingerprint density at radius 1 is 1.06 bits per heavy atom. The van der Waals surface area contributed by atoms with Gasteiger partial charge < -0.3 is 29.9 Å². The second kappa shape index (κ2) is 9.02. The molecule has 6 heterocycles. The fourth-order valence-corrected chi connectivity index (χ4v) is 4.42. The molecule has 3 aromatic heterocycles. The van der Waals surface area contributed by atoms with Gasteiger partial charge in [-0.15, -0.1) is 0 Å². The van der Waals surface area contributed by atoms with Gasteiger partial charge in [0.25, 0.3) is 0 Å². The predicted octanol–water partition coefficient (Wildman–Crippen LogP) is 0.289. The first-order chi connectivity index (χ1) is 17.1. The highest BCUT2D eigenvalue weighted by molar-refractivity contribution is 5.81. The molecule has 0 aliphatic carbocycles. The second-order valence-electron chi connectivity index (χ2n) is 8.85. The number of carbonyl (C=O) groups excluding carboxylic acids is 2. The normalized spacial score (nSPS) is 20.6. The molecular weight excluding hydrogens is 452 g/mol. The van der Waals surface area contributed by atoms with E-state index in [1.807, 2.05) is 24.4 Å². The van der Waals surface area contributed by atoms with Gasteiger partial charge in [0.05, 0.1) is 24.7 Å². The number of hydrogen-bond donors (Lipinski definition) is 2. The molecule has 3 aromatic rings. The van der Waals surface area contributed by atoms with Crippen LogP contribution in [0.2, 0.25) is 0 Å². The van der Waals surface area contributed by atoms with Crippen molar-refractivity contribution in [3.63, 3.8) is 0 Å². The molecule has 35 heavy (non-hydrogen) atoms. The zero-order valence-corrected chi connectivity index (χ0v) is 19.1. The van der Waals surface area contributed by atoms with Crippen molar-refractivity contribution in [1.29, 1.82) is 0 Å². The molecule has 0 radical (unpaired) electrons. The van der Waals surface area contributed by atoms with Gasteiger partial charge in [0.1, 0.15) is 18.0 Å². The second-order valence-corrected chi connectivity index (χ2v) is 8.85. The van der Waals surface area contributed by atoms with Gasteiger partial charge in [-0.25, -0.2) is 19.3 Å². The Balaban J connectivity index is 1.17. The molecule has 0 bridgehead atoms. The molecule has 2 amide bonds. The molecule has 12 heteroatoms. The highest BCUT2D eigenvalue weighted by Crippen LogP contribution is 2.32. The number of fused-ring (bicyclic) bond motifs is 1. The number of aromatic nitrogens is 4. The third-order valence-corrected chi connectivity index (χ3v) is 6.51. The molecule has 3 fully saturated rings. The molecule has 12 nitrogen and oxygen atoms in total. The maximum absolute atomic E-state index is 12.5. The van der Waals surface area contributed by atoms with Crippen molar-refractivity contribution < 1.29 is 19.1 Å². The lowest BCUT2D eigenvalue weighted by Gasteiger charge is -2.35. The topological polar surface area (TPSA) is 126 Å². The number of anilines is 1. The average molecular weight is 479 g/mol. The summed E-state index contributed by atoms with van der Waals surface area (Å²) in [6.07, 6.45) is 4.97. The van der Waals surface area contributed by atoms with E-state index in [9.17, 15) is 9.59 Å². The Labute approximate surface area is 201 Å². The summed E-state index contributed by atoms with van der Waals surface area (Å²) in [7, 11) is 0. The van der Waals surface area contributed by atoms with Crippen molar-refractivity contribution in [2.75, 3.05) is 50.7 Å². The van der Waals surface area contributed by atoms with E-state index in [-0.39, 0.29) is 30.6 Å². The van der Waals surface area contributed by atoms with E-state index in [1.54, 1.807) is 21.8 Å². The Morgan fingerprint density at radius 2 is 1.91 bits per heavy atom. The highest BCUT2D eigenvalue weighted by atomic mass is 16.6. The third kappa shape index (κ3) is 4.32. The first-order valence-corrected chi connectivity index (χ1v) is 11.8. The van der Waals surface area contributed by atoms with E-state index in [0.717, 1.165) is 30.0 Å². The zero-order chi connectivity index (χ0) is 23.8. The summed E-state index contributed by atoms with van der Waals surface area (Å²) in [5.41, 5.74) is 2.42. The van der Waals surface area contributed by atoms with Crippen molar-refractivity contribution in [3.05, 3.63) is 36.8 Å². The van der Waals surface area contributed by atoms with Crippen molar-refractivity contribution in [2.24, 2.45) is 0 Å². The summed E-state index contributed by atoms with van der Waals surface area (Å²) in [6.45, 7) is 4.27. The summed E-state index contributed by atoms with van der Waals surface area (Å²) in [5.74, 6) is 1.30. The van der Waals surface area contributed by atoms with Gasteiger partial charge in [-0.3, -0.25) is 4.79 Å². The molecule has 3 saturated heterocycles. The van der Waals surface area contributed by atoms with E-state index in [4.69, 9.17) is 14.5 Å². The molecule has 3 aliphatic rings. The molecule has 3 aliphatic heterocycles. The molecule has 1 atom stereocenters. The SMILES string of the molecule is O=C1C[C@H](OC(=O)N2CCN(c3ccn4ncc(-c5cccnc5OC5CNC5)c4n3)CC2)CN1. The van der Waals surface area contributed by atoms with Crippen LogP contribution in [0.4, 0.5) is 10.6 Å². The molecule has 0 saturated carbocycles. The molecule has 2 N–H and O–H groups in total. The number of ether oxygens (including phenoxy) is 2. The van der Waals surface area contributed by atoms with E-state index < -0.39 is 0 Å². The number of pyridine rings is 1. The Bertz CT molecular complexity index is 1250. The number of nitrogens with zero attached hydrogens (tertiary/aromatic N) is 6. The average Bonchev–Trinajstić information content (AvgIpc) is 3.47. The van der Waals surface area contributed by atoms with Crippen molar-refractivity contribution in [2.45, 2.75) is 18.6 Å². The fourth-order valence-electron chi connectivity index (χ4n) is 4.42. The van der Waals surface area contributed by atoms with Crippen LogP contribution < -0.4 is 20.3 Å². The summed E-state index contributed by atoms with van der Waals surface area (Å²) in [5, 5.41) is 10.4. The van der Waals surface area contributed by atoms with Crippen LogP contribution in [0.3, 0.4) is 0 Å². The van der Waals surface area contributed by atoms with Crippen LogP contribution in [0.5, 0.6) is 5.88 Å². The van der Waals surface area contributed by atoms with Crippen LogP contribution >= 0.6 is 0 Å².